The van der Waals surface area contributed by atoms with E-state index in [2.05, 4.69) is 4.90 Å². The lowest BCUT2D eigenvalue weighted by Crippen LogP contribution is -2.55. The average molecular weight is 307 g/mol. The molecule has 1 unspecified atom stereocenters. The Kier molecular flexibility index (Phi) is 4.00. The number of carbonyl (C=O) groups is 2. The molecule has 4 rings (SSSR count). The molecule has 0 aliphatic carbocycles. The average Bonchev–Trinajstić information content (AvgIpc) is 2.50. The van der Waals surface area contributed by atoms with Crippen molar-refractivity contribution in [2.45, 2.75) is 31.7 Å². The monoisotopic (exact) mass is 306 g/mol. The number of nitrogens with two attached hydrogens (primary N) is 1. The van der Waals surface area contributed by atoms with Gasteiger partial charge in [-0.3, -0.25) is 14.5 Å². The predicted molar refractivity (Wildman–Crippen MR) is 82.5 cm³/mol. The van der Waals surface area contributed by atoms with Crippen LogP contribution in [0.3, 0.4) is 0 Å². The van der Waals surface area contributed by atoms with Crippen molar-refractivity contribution in [2.75, 3.05) is 18.8 Å². The van der Waals surface area contributed by atoms with E-state index >= 15 is 0 Å². The second kappa shape index (κ2) is 5.78. The molecule has 0 spiro atoms. The van der Waals surface area contributed by atoms with Gasteiger partial charge in [-0.05, 0) is 50.6 Å². The van der Waals surface area contributed by atoms with Crippen LogP contribution in [0.4, 0.5) is 5.69 Å². The molecule has 4 nitrogen and oxygen atoms in total. The number of halogens is 1. The zero-order chi connectivity index (χ0) is 15.0. The highest BCUT2D eigenvalue weighted by Crippen LogP contribution is 2.31. The summed E-state index contributed by atoms with van der Waals surface area (Å²) < 4.78 is 0. The third-order valence-electron chi connectivity index (χ3n) is 4.66. The van der Waals surface area contributed by atoms with Crippen LogP contribution in [0.15, 0.2) is 18.2 Å². The van der Waals surface area contributed by atoms with Crippen LogP contribution in [0, 0.1) is 5.92 Å². The maximum atomic E-state index is 12.2. The first-order valence-corrected chi connectivity index (χ1v) is 7.80. The van der Waals surface area contributed by atoms with Crippen LogP contribution in [0.25, 0.3) is 0 Å². The van der Waals surface area contributed by atoms with Crippen LogP contribution in [0.2, 0.25) is 5.02 Å². The van der Waals surface area contributed by atoms with Gasteiger partial charge in [0.1, 0.15) is 0 Å². The zero-order valence-electron chi connectivity index (χ0n) is 11.8. The Morgan fingerprint density at radius 1 is 1.33 bits per heavy atom. The van der Waals surface area contributed by atoms with Crippen LogP contribution in [-0.4, -0.2) is 35.6 Å². The van der Waals surface area contributed by atoms with Gasteiger partial charge in [-0.1, -0.05) is 11.6 Å². The van der Waals surface area contributed by atoms with E-state index in [0.717, 1.165) is 25.9 Å². The van der Waals surface area contributed by atoms with Crippen molar-refractivity contribution >= 4 is 28.9 Å². The molecule has 1 atom stereocenters. The normalized spacial score (nSPS) is 27.9. The van der Waals surface area contributed by atoms with Gasteiger partial charge in [-0.2, -0.15) is 0 Å². The minimum Gasteiger partial charge on any atom is -0.398 e. The van der Waals surface area contributed by atoms with Crippen molar-refractivity contribution in [3.8, 4) is 0 Å². The number of piperidine rings is 3. The lowest BCUT2D eigenvalue weighted by Gasteiger charge is -2.44. The summed E-state index contributed by atoms with van der Waals surface area (Å²) in [5.74, 6) is 0.575. The number of benzene rings is 1. The van der Waals surface area contributed by atoms with E-state index in [1.807, 2.05) is 0 Å². The maximum absolute atomic E-state index is 12.2. The molecule has 1 aromatic rings. The molecule has 3 aliphatic heterocycles. The van der Waals surface area contributed by atoms with Crippen molar-refractivity contribution in [2.24, 2.45) is 5.92 Å². The molecule has 112 valence electrons. The number of hydrogen-bond acceptors (Lipinski definition) is 4. The molecule has 21 heavy (non-hydrogen) atoms. The molecule has 0 aromatic heterocycles. The highest BCUT2D eigenvalue weighted by Gasteiger charge is 2.40. The van der Waals surface area contributed by atoms with Gasteiger partial charge in [0.25, 0.3) is 0 Å². The number of rotatable bonds is 4. The smallest absolute Gasteiger partial charge is 0.163 e. The SMILES string of the molecule is Nc1cc(C(=O)CCC2C(=O)C3CCN2CC3)ccc1Cl. The summed E-state index contributed by atoms with van der Waals surface area (Å²) in [6, 6.07) is 4.88. The molecule has 0 radical (unpaired) electrons. The number of Topliss-reactive ketones (excluding diaryl/α,β-unsaturated/α-hetero) is 2. The number of nitrogens with zero attached hydrogens (tertiary/aromatic N) is 1. The summed E-state index contributed by atoms with van der Waals surface area (Å²) >= 11 is 5.86. The van der Waals surface area contributed by atoms with E-state index in [0.29, 0.717) is 34.9 Å². The Labute approximate surface area is 129 Å². The van der Waals surface area contributed by atoms with E-state index in [4.69, 9.17) is 17.3 Å². The van der Waals surface area contributed by atoms with E-state index in [-0.39, 0.29) is 17.7 Å². The van der Waals surface area contributed by atoms with Gasteiger partial charge in [0.05, 0.1) is 16.8 Å². The van der Waals surface area contributed by atoms with E-state index in [1.165, 1.54) is 0 Å². The van der Waals surface area contributed by atoms with Crippen molar-refractivity contribution in [1.82, 2.24) is 4.90 Å². The van der Waals surface area contributed by atoms with E-state index in [9.17, 15) is 9.59 Å². The largest absolute Gasteiger partial charge is 0.398 e. The third-order valence-corrected chi connectivity index (χ3v) is 5.01. The quantitative estimate of drug-likeness (QED) is 0.686. The number of carbonyl (C=O) groups excluding carboxylic acids is 2. The first kappa shape index (κ1) is 14.5. The van der Waals surface area contributed by atoms with E-state index in [1.54, 1.807) is 18.2 Å². The molecule has 3 fully saturated rings. The number of ketones is 2. The second-order valence-corrected chi connectivity index (χ2v) is 6.33. The molecule has 1 aromatic carbocycles. The first-order chi connectivity index (χ1) is 10.1. The van der Waals surface area contributed by atoms with Crippen LogP contribution >= 0.6 is 11.6 Å². The molecule has 5 heteroatoms. The highest BCUT2D eigenvalue weighted by molar-refractivity contribution is 6.33. The lowest BCUT2D eigenvalue weighted by molar-refractivity contribution is -0.137. The Morgan fingerprint density at radius 3 is 2.67 bits per heavy atom. The second-order valence-electron chi connectivity index (χ2n) is 5.93. The zero-order valence-corrected chi connectivity index (χ0v) is 12.6. The van der Waals surface area contributed by atoms with Crippen molar-refractivity contribution in [1.29, 1.82) is 0 Å². The van der Waals surface area contributed by atoms with Crippen molar-refractivity contribution < 1.29 is 9.59 Å². The van der Waals surface area contributed by atoms with Gasteiger partial charge in [0.15, 0.2) is 11.6 Å². The molecule has 0 saturated carbocycles. The van der Waals surface area contributed by atoms with Crippen LogP contribution in [0.1, 0.15) is 36.0 Å². The lowest BCUT2D eigenvalue weighted by atomic mass is 9.80. The maximum Gasteiger partial charge on any atom is 0.163 e. The Morgan fingerprint density at radius 2 is 2.05 bits per heavy atom. The summed E-state index contributed by atoms with van der Waals surface area (Å²) in [4.78, 5) is 26.7. The highest BCUT2D eigenvalue weighted by atomic mass is 35.5. The standard InChI is InChI=1S/C16H19ClN2O2/c17-12-2-1-11(9-13(12)18)15(20)4-3-14-16(21)10-5-7-19(14)8-6-10/h1-2,9-10,14H,3-8,18H2. The van der Waals surface area contributed by atoms with Gasteiger partial charge < -0.3 is 5.73 Å². The molecule has 3 aliphatic rings. The Hall–Kier alpha value is -1.39. The topological polar surface area (TPSA) is 63.4 Å². The minimum absolute atomic E-state index is 0.0220. The molecular formula is C16H19ClN2O2. The van der Waals surface area contributed by atoms with Crippen LogP contribution in [0.5, 0.6) is 0 Å². The van der Waals surface area contributed by atoms with Gasteiger partial charge in [0.2, 0.25) is 0 Å². The number of fused-ring (bicyclic) bond motifs is 3. The molecule has 2 N–H and O–H groups in total. The minimum atomic E-state index is -0.0638. The molecule has 2 bridgehead atoms. The van der Waals surface area contributed by atoms with Crippen LogP contribution < -0.4 is 5.73 Å². The predicted octanol–water partition coefficient (Wildman–Crippen LogP) is 2.55. The Bertz CT molecular complexity index is 580. The summed E-state index contributed by atoms with van der Waals surface area (Å²) in [5, 5.41) is 0.456. The van der Waals surface area contributed by atoms with Crippen molar-refractivity contribution in [3.05, 3.63) is 28.8 Å². The molecule has 0 amide bonds. The molecule has 3 saturated heterocycles. The van der Waals surface area contributed by atoms with Crippen LogP contribution in [-0.2, 0) is 4.79 Å². The fraction of sp³-hybridized carbons (Fsp3) is 0.500. The number of nitrogen functional groups attached to an aromatic ring is 1. The summed E-state index contributed by atoms with van der Waals surface area (Å²) in [5.41, 5.74) is 6.71. The Balaban J connectivity index is 1.63. The summed E-state index contributed by atoms with van der Waals surface area (Å²) in [6.45, 7) is 1.98. The fourth-order valence-electron chi connectivity index (χ4n) is 3.40. The summed E-state index contributed by atoms with van der Waals surface area (Å²) in [7, 11) is 0. The van der Waals surface area contributed by atoms with Gasteiger partial charge in [-0.25, -0.2) is 0 Å². The van der Waals surface area contributed by atoms with Gasteiger partial charge >= 0.3 is 0 Å². The van der Waals surface area contributed by atoms with Gasteiger partial charge in [0, 0.05) is 17.9 Å². The fourth-order valence-corrected chi connectivity index (χ4v) is 3.52. The molecule has 3 heterocycles. The first-order valence-electron chi connectivity index (χ1n) is 7.42. The van der Waals surface area contributed by atoms with Gasteiger partial charge in [-0.15, -0.1) is 0 Å². The summed E-state index contributed by atoms with van der Waals surface area (Å²) in [6.07, 6.45) is 2.95. The molecular weight excluding hydrogens is 288 g/mol. The number of hydrogen-bond donors (Lipinski definition) is 1. The third kappa shape index (κ3) is 2.83. The van der Waals surface area contributed by atoms with E-state index < -0.39 is 0 Å². The van der Waals surface area contributed by atoms with Crippen molar-refractivity contribution in [3.63, 3.8) is 0 Å². The number of anilines is 1.